The minimum absolute atomic E-state index is 0.0443. The van der Waals surface area contributed by atoms with Crippen molar-refractivity contribution in [2.24, 2.45) is 0 Å². The molecule has 0 aromatic carbocycles. The van der Waals surface area contributed by atoms with E-state index in [0.29, 0.717) is 6.61 Å². The molecule has 1 unspecified atom stereocenters. The summed E-state index contributed by atoms with van der Waals surface area (Å²) in [6.45, 7) is 22.3. The SMILES string of the molecule is CCCCCCCCCCCCC(CCCCO[Si](C)(C)C(C)(C)C)OC(=O)OCCCN(CC)CC. The molecule has 37 heavy (non-hydrogen) atoms. The second-order valence-corrected chi connectivity index (χ2v) is 17.1. The summed E-state index contributed by atoms with van der Waals surface area (Å²) in [5, 5.41) is 0.239. The molecule has 0 aromatic rings. The summed E-state index contributed by atoms with van der Waals surface area (Å²) < 4.78 is 17.5. The van der Waals surface area contributed by atoms with Gasteiger partial charge in [-0.15, -0.1) is 0 Å². The molecule has 0 rings (SSSR count). The van der Waals surface area contributed by atoms with Crippen LogP contribution in [0, 0.1) is 0 Å². The lowest BCUT2D eigenvalue weighted by atomic mass is 10.0. The Morgan fingerprint density at radius 2 is 1.24 bits per heavy atom. The summed E-state index contributed by atoms with van der Waals surface area (Å²) >= 11 is 0. The molecule has 0 spiro atoms. The van der Waals surface area contributed by atoms with Crippen molar-refractivity contribution in [2.45, 2.75) is 162 Å². The predicted molar refractivity (Wildman–Crippen MR) is 162 cm³/mol. The maximum absolute atomic E-state index is 12.4. The molecule has 222 valence electrons. The molecule has 0 bridgehead atoms. The zero-order valence-corrected chi connectivity index (χ0v) is 27.3. The maximum atomic E-state index is 12.4. The van der Waals surface area contributed by atoms with Crippen molar-refractivity contribution in [1.29, 1.82) is 0 Å². The Bertz CT molecular complexity index is 532. The Morgan fingerprint density at radius 1 is 0.730 bits per heavy atom. The molecular formula is C31H65NO4Si. The van der Waals surface area contributed by atoms with E-state index in [1.54, 1.807) is 0 Å². The van der Waals surface area contributed by atoms with E-state index in [9.17, 15) is 4.79 Å². The molecule has 0 saturated heterocycles. The van der Waals surface area contributed by atoms with Gasteiger partial charge in [-0.3, -0.25) is 0 Å². The van der Waals surface area contributed by atoms with Gasteiger partial charge in [0, 0.05) is 13.2 Å². The van der Waals surface area contributed by atoms with E-state index in [2.05, 4.69) is 59.5 Å². The monoisotopic (exact) mass is 543 g/mol. The molecule has 0 aromatic heterocycles. The average Bonchev–Trinajstić information content (AvgIpc) is 2.84. The third-order valence-electron chi connectivity index (χ3n) is 8.07. The number of hydrogen-bond acceptors (Lipinski definition) is 5. The van der Waals surface area contributed by atoms with Gasteiger partial charge in [-0.1, -0.05) is 99.3 Å². The van der Waals surface area contributed by atoms with Gasteiger partial charge < -0.3 is 18.8 Å². The van der Waals surface area contributed by atoms with Crippen LogP contribution in [0.3, 0.4) is 0 Å². The van der Waals surface area contributed by atoms with Crippen molar-refractivity contribution in [3.63, 3.8) is 0 Å². The van der Waals surface area contributed by atoms with E-state index >= 15 is 0 Å². The molecule has 0 amide bonds. The highest BCUT2D eigenvalue weighted by molar-refractivity contribution is 6.74. The van der Waals surface area contributed by atoms with E-state index < -0.39 is 14.5 Å². The first-order chi connectivity index (χ1) is 17.6. The second-order valence-electron chi connectivity index (χ2n) is 12.3. The van der Waals surface area contributed by atoms with Gasteiger partial charge in [-0.25, -0.2) is 4.79 Å². The zero-order valence-electron chi connectivity index (χ0n) is 26.3. The molecule has 0 heterocycles. The molecule has 1 atom stereocenters. The van der Waals surface area contributed by atoms with Gasteiger partial charge in [-0.05, 0) is 69.7 Å². The summed E-state index contributed by atoms with van der Waals surface area (Å²) in [7, 11) is -1.70. The molecular weight excluding hydrogens is 478 g/mol. The molecule has 0 aliphatic rings. The first-order valence-electron chi connectivity index (χ1n) is 15.8. The van der Waals surface area contributed by atoms with Crippen LogP contribution in [0.15, 0.2) is 0 Å². The highest BCUT2D eigenvalue weighted by Crippen LogP contribution is 2.36. The summed E-state index contributed by atoms with van der Waals surface area (Å²) in [4.78, 5) is 14.7. The van der Waals surface area contributed by atoms with Gasteiger partial charge in [0.25, 0.3) is 0 Å². The van der Waals surface area contributed by atoms with Crippen LogP contribution in [0.1, 0.15) is 138 Å². The van der Waals surface area contributed by atoms with Gasteiger partial charge >= 0.3 is 6.16 Å². The van der Waals surface area contributed by atoms with Crippen LogP contribution in [0.5, 0.6) is 0 Å². The largest absolute Gasteiger partial charge is 0.508 e. The maximum Gasteiger partial charge on any atom is 0.508 e. The number of carbonyl (C=O) groups excluding carboxylic acids is 1. The Hall–Kier alpha value is -0.593. The lowest BCUT2D eigenvalue weighted by Gasteiger charge is -2.36. The minimum Gasteiger partial charge on any atom is -0.434 e. The number of carbonyl (C=O) groups is 1. The molecule has 0 aliphatic carbocycles. The fourth-order valence-corrected chi connectivity index (χ4v) is 5.38. The first-order valence-corrected chi connectivity index (χ1v) is 18.7. The van der Waals surface area contributed by atoms with E-state index in [1.807, 2.05) is 0 Å². The minimum atomic E-state index is -1.70. The number of unbranched alkanes of at least 4 members (excludes halogenated alkanes) is 10. The van der Waals surface area contributed by atoms with Gasteiger partial charge in [0.05, 0.1) is 6.61 Å². The Balaban J connectivity index is 4.36. The Morgan fingerprint density at radius 3 is 1.76 bits per heavy atom. The molecule has 6 heteroatoms. The fraction of sp³-hybridized carbons (Fsp3) is 0.968. The Kier molecular flexibility index (Phi) is 21.9. The zero-order chi connectivity index (χ0) is 28.0. The average molecular weight is 544 g/mol. The van der Waals surface area contributed by atoms with Gasteiger partial charge in [0.15, 0.2) is 8.32 Å². The third-order valence-corrected chi connectivity index (χ3v) is 12.6. The standard InChI is InChI=1S/C31H65NO4Si/c1-9-12-13-14-15-16-17-18-19-20-24-29(25-21-22-28-35-37(7,8)31(4,5)6)36-30(33)34-27-23-26-32(10-2)11-3/h29H,9-28H2,1-8H3. The number of ether oxygens (including phenoxy) is 2. The molecule has 0 saturated carbocycles. The smallest absolute Gasteiger partial charge is 0.434 e. The lowest BCUT2D eigenvalue weighted by Crippen LogP contribution is -2.40. The van der Waals surface area contributed by atoms with Crippen LogP contribution in [0.2, 0.25) is 18.1 Å². The summed E-state index contributed by atoms with van der Waals surface area (Å²) in [6.07, 6.45) is 17.4. The van der Waals surface area contributed by atoms with E-state index in [0.717, 1.165) is 64.8 Å². The number of hydrogen-bond donors (Lipinski definition) is 0. The van der Waals surface area contributed by atoms with Crippen molar-refractivity contribution in [3.05, 3.63) is 0 Å². The van der Waals surface area contributed by atoms with Gasteiger partial charge in [0.1, 0.15) is 6.10 Å². The van der Waals surface area contributed by atoms with Crippen LogP contribution in [0.4, 0.5) is 4.79 Å². The summed E-state index contributed by atoms with van der Waals surface area (Å²) in [5.41, 5.74) is 0. The first kappa shape index (κ1) is 36.4. The molecule has 5 nitrogen and oxygen atoms in total. The van der Waals surface area contributed by atoms with Crippen molar-refractivity contribution >= 4 is 14.5 Å². The van der Waals surface area contributed by atoms with Crippen LogP contribution >= 0.6 is 0 Å². The van der Waals surface area contributed by atoms with Crippen molar-refractivity contribution in [2.75, 3.05) is 32.8 Å². The van der Waals surface area contributed by atoms with Crippen molar-refractivity contribution in [1.82, 2.24) is 4.90 Å². The van der Waals surface area contributed by atoms with Crippen LogP contribution in [0.25, 0.3) is 0 Å². The quantitative estimate of drug-likeness (QED) is 0.0688. The van der Waals surface area contributed by atoms with E-state index in [-0.39, 0.29) is 11.1 Å². The van der Waals surface area contributed by atoms with Gasteiger partial charge in [0.2, 0.25) is 0 Å². The molecule has 0 radical (unpaired) electrons. The molecule has 0 aliphatic heterocycles. The van der Waals surface area contributed by atoms with Crippen LogP contribution < -0.4 is 0 Å². The predicted octanol–water partition coefficient (Wildman–Crippen LogP) is 9.74. The van der Waals surface area contributed by atoms with Gasteiger partial charge in [-0.2, -0.15) is 0 Å². The molecule has 0 N–H and O–H groups in total. The lowest BCUT2D eigenvalue weighted by molar-refractivity contribution is 0.0144. The second kappa shape index (κ2) is 22.2. The topological polar surface area (TPSA) is 48.0 Å². The summed E-state index contributed by atoms with van der Waals surface area (Å²) in [6, 6.07) is 0. The van der Waals surface area contributed by atoms with Crippen LogP contribution in [-0.4, -0.2) is 58.3 Å². The number of rotatable bonds is 24. The highest BCUT2D eigenvalue weighted by atomic mass is 28.4. The van der Waals surface area contributed by atoms with E-state index in [4.69, 9.17) is 13.9 Å². The van der Waals surface area contributed by atoms with E-state index in [1.165, 1.54) is 57.8 Å². The third kappa shape index (κ3) is 20.0. The van der Waals surface area contributed by atoms with Crippen molar-refractivity contribution < 1.29 is 18.7 Å². The van der Waals surface area contributed by atoms with Crippen molar-refractivity contribution in [3.8, 4) is 0 Å². The fourth-order valence-electron chi connectivity index (χ4n) is 4.29. The Labute approximate surface area is 232 Å². The number of nitrogens with zero attached hydrogens (tertiary/aromatic N) is 1. The molecule has 0 fully saturated rings. The van der Waals surface area contributed by atoms with Crippen LogP contribution in [-0.2, 0) is 13.9 Å². The highest BCUT2D eigenvalue weighted by Gasteiger charge is 2.36. The summed E-state index contributed by atoms with van der Waals surface area (Å²) in [5.74, 6) is 0. The normalized spacial score (nSPS) is 13.2.